The Labute approximate surface area is 108 Å². The lowest BCUT2D eigenvalue weighted by molar-refractivity contribution is -0.126. The summed E-state index contributed by atoms with van der Waals surface area (Å²) in [7, 11) is 0. The molecule has 1 amide bonds. The number of hydrogen-bond donors (Lipinski definition) is 1. The number of carbonyl (C=O) groups excluding carboxylic acids is 1. The molecule has 1 aliphatic rings. The van der Waals surface area contributed by atoms with Gasteiger partial charge >= 0.3 is 0 Å². The highest BCUT2D eigenvalue weighted by atomic mass is 79.9. The van der Waals surface area contributed by atoms with Gasteiger partial charge in [0.1, 0.15) is 0 Å². The van der Waals surface area contributed by atoms with E-state index in [1.807, 2.05) is 6.92 Å². The second-order valence-corrected chi connectivity index (χ2v) is 5.96. The number of rotatable bonds is 4. The predicted molar refractivity (Wildman–Crippen MR) is 71.8 cm³/mol. The third kappa shape index (κ3) is 3.47. The lowest BCUT2D eigenvalue weighted by atomic mass is 9.78. The molecular weight excluding hydrogens is 266 g/mol. The third-order valence-corrected chi connectivity index (χ3v) is 5.01. The second kappa shape index (κ2) is 6.04. The van der Waals surface area contributed by atoms with E-state index in [0.717, 1.165) is 30.5 Å². The molecule has 1 rings (SSSR count). The van der Waals surface area contributed by atoms with Crippen LogP contribution in [0.4, 0.5) is 0 Å². The first-order valence-corrected chi connectivity index (χ1v) is 7.53. The number of halogens is 1. The second-order valence-electron chi connectivity index (χ2n) is 5.40. The summed E-state index contributed by atoms with van der Waals surface area (Å²) in [6.45, 7) is 6.37. The fourth-order valence-electron chi connectivity index (χ4n) is 2.18. The number of carbonyl (C=O) groups is 1. The Bertz CT molecular complexity index is 234. The van der Waals surface area contributed by atoms with Gasteiger partial charge in [0.15, 0.2) is 0 Å². The molecule has 0 heterocycles. The van der Waals surface area contributed by atoms with Gasteiger partial charge in [-0.3, -0.25) is 4.79 Å². The van der Waals surface area contributed by atoms with Crippen LogP contribution in [0.1, 0.15) is 52.9 Å². The molecular formula is C13H24BrNO. The number of nitrogens with one attached hydrogen (secondary N) is 1. The van der Waals surface area contributed by atoms with Crippen LogP contribution in [-0.4, -0.2) is 16.8 Å². The summed E-state index contributed by atoms with van der Waals surface area (Å²) in [5, 5.41) is 4.15. The lowest BCUT2D eigenvalue weighted by Gasteiger charge is -2.39. The first-order chi connectivity index (χ1) is 7.53. The minimum Gasteiger partial charge on any atom is -0.350 e. The van der Waals surface area contributed by atoms with Crippen LogP contribution in [0.3, 0.4) is 0 Å². The minimum absolute atomic E-state index is 0.0209. The van der Waals surface area contributed by atoms with E-state index < -0.39 is 0 Å². The van der Waals surface area contributed by atoms with Gasteiger partial charge in [-0.1, -0.05) is 36.7 Å². The molecule has 94 valence electrons. The maximum Gasteiger partial charge on any atom is 0.223 e. The molecule has 0 aromatic rings. The summed E-state index contributed by atoms with van der Waals surface area (Å²) in [6, 6.07) is 0. The van der Waals surface area contributed by atoms with Crippen molar-refractivity contribution >= 4 is 21.8 Å². The van der Waals surface area contributed by atoms with Gasteiger partial charge in [0.25, 0.3) is 0 Å². The molecule has 0 spiro atoms. The van der Waals surface area contributed by atoms with E-state index in [9.17, 15) is 4.79 Å². The minimum atomic E-state index is 0.0209. The molecule has 1 N–H and O–H groups in total. The molecule has 2 nitrogen and oxygen atoms in total. The van der Waals surface area contributed by atoms with Gasteiger partial charge in [0.2, 0.25) is 5.91 Å². The van der Waals surface area contributed by atoms with Crippen molar-refractivity contribution in [2.45, 2.75) is 58.4 Å². The van der Waals surface area contributed by atoms with E-state index in [-0.39, 0.29) is 17.4 Å². The highest BCUT2D eigenvalue weighted by molar-refractivity contribution is 9.09. The van der Waals surface area contributed by atoms with Crippen LogP contribution in [0.15, 0.2) is 0 Å². The van der Waals surface area contributed by atoms with Crippen LogP contribution in [-0.2, 0) is 4.79 Å². The molecule has 1 fully saturated rings. The van der Waals surface area contributed by atoms with Gasteiger partial charge in [0, 0.05) is 16.8 Å². The molecule has 1 unspecified atom stereocenters. The molecule has 0 aromatic carbocycles. The maximum atomic E-state index is 12.0. The topological polar surface area (TPSA) is 29.1 Å². The molecule has 1 atom stereocenters. The van der Waals surface area contributed by atoms with Gasteiger partial charge in [0.05, 0.1) is 0 Å². The van der Waals surface area contributed by atoms with Gasteiger partial charge in [-0.15, -0.1) is 0 Å². The van der Waals surface area contributed by atoms with Gasteiger partial charge < -0.3 is 5.32 Å². The normalized spacial score (nSPS) is 32.1. The fourth-order valence-corrected chi connectivity index (χ4v) is 2.88. The Morgan fingerprint density at radius 2 is 2.06 bits per heavy atom. The molecule has 0 radical (unpaired) electrons. The van der Waals surface area contributed by atoms with Crippen molar-refractivity contribution < 1.29 is 4.79 Å². The van der Waals surface area contributed by atoms with E-state index in [4.69, 9.17) is 0 Å². The zero-order valence-electron chi connectivity index (χ0n) is 10.7. The average molecular weight is 290 g/mol. The van der Waals surface area contributed by atoms with E-state index in [1.165, 1.54) is 12.8 Å². The molecule has 0 aliphatic heterocycles. The molecule has 0 saturated heterocycles. The molecule has 16 heavy (non-hydrogen) atoms. The zero-order chi connectivity index (χ0) is 12.2. The smallest absolute Gasteiger partial charge is 0.223 e. The van der Waals surface area contributed by atoms with Crippen molar-refractivity contribution in [3.05, 3.63) is 0 Å². The summed E-state index contributed by atoms with van der Waals surface area (Å²) < 4.78 is 0. The first-order valence-electron chi connectivity index (χ1n) is 6.41. The van der Waals surface area contributed by atoms with Gasteiger partial charge in [-0.05, 0) is 38.0 Å². The van der Waals surface area contributed by atoms with Crippen molar-refractivity contribution in [3.8, 4) is 0 Å². The largest absolute Gasteiger partial charge is 0.350 e. The lowest BCUT2D eigenvalue weighted by Crippen LogP contribution is -2.53. The average Bonchev–Trinajstić information content (AvgIpc) is 2.31. The van der Waals surface area contributed by atoms with E-state index in [0.29, 0.717) is 0 Å². The molecule has 0 bridgehead atoms. The maximum absolute atomic E-state index is 12.0. The van der Waals surface area contributed by atoms with E-state index in [2.05, 4.69) is 35.1 Å². The van der Waals surface area contributed by atoms with Gasteiger partial charge in [-0.25, -0.2) is 0 Å². The summed E-state index contributed by atoms with van der Waals surface area (Å²) in [5.41, 5.74) is 0.0209. The Morgan fingerprint density at radius 1 is 1.50 bits per heavy atom. The molecule has 0 aromatic heterocycles. The quantitative estimate of drug-likeness (QED) is 0.789. The summed E-state index contributed by atoms with van der Waals surface area (Å²) >= 11 is 3.57. The van der Waals surface area contributed by atoms with Crippen LogP contribution in [0.2, 0.25) is 0 Å². The number of amides is 1. The van der Waals surface area contributed by atoms with E-state index in [1.54, 1.807) is 0 Å². The standard InChI is InChI=1S/C13H24BrNO/c1-4-11(3)12(16)15-13(9-14)7-5-10(2)6-8-13/h10-11H,4-9H2,1-3H3,(H,15,16). The van der Waals surface area contributed by atoms with Crippen LogP contribution >= 0.6 is 15.9 Å². The predicted octanol–water partition coefficient (Wildman–Crippen LogP) is 3.49. The van der Waals surface area contributed by atoms with Crippen LogP contribution < -0.4 is 5.32 Å². The third-order valence-electron chi connectivity index (χ3n) is 3.94. The number of alkyl halides is 1. The molecule has 1 saturated carbocycles. The van der Waals surface area contributed by atoms with Gasteiger partial charge in [-0.2, -0.15) is 0 Å². The van der Waals surface area contributed by atoms with Crippen molar-refractivity contribution in [3.63, 3.8) is 0 Å². The summed E-state index contributed by atoms with van der Waals surface area (Å²) in [6.07, 6.45) is 5.60. The summed E-state index contributed by atoms with van der Waals surface area (Å²) in [5.74, 6) is 1.17. The first kappa shape index (κ1) is 14.0. The van der Waals surface area contributed by atoms with Crippen LogP contribution in [0.5, 0.6) is 0 Å². The monoisotopic (exact) mass is 289 g/mol. The SMILES string of the molecule is CCC(C)C(=O)NC1(CBr)CCC(C)CC1. The molecule has 1 aliphatic carbocycles. The Hall–Kier alpha value is -0.0500. The van der Waals surface area contributed by atoms with Crippen molar-refractivity contribution in [2.24, 2.45) is 11.8 Å². The van der Waals surface area contributed by atoms with Crippen molar-refractivity contribution in [2.75, 3.05) is 5.33 Å². The fraction of sp³-hybridized carbons (Fsp3) is 0.923. The Balaban J connectivity index is 2.57. The number of hydrogen-bond acceptors (Lipinski definition) is 1. The van der Waals surface area contributed by atoms with Crippen molar-refractivity contribution in [1.29, 1.82) is 0 Å². The van der Waals surface area contributed by atoms with E-state index >= 15 is 0 Å². The summed E-state index contributed by atoms with van der Waals surface area (Å²) in [4.78, 5) is 12.0. The Kier molecular flexibility index (Phi) is 5.29. The highest BCUT2D eigenvalue weighted by Crippen LogP contribution is 2.33. The van der Waals surface area contributed by atoms with Crippen molar-refractivity contribution in [1.82, 2.24) is 5.32 Å². The molecule has 3 heteroatoms. The zero-order valence-corrected chi connectivity index (χ0v) is 12.3. The van der Waals surface area contributed by atoms with Crippen LogP contribution in [0, 0.1) is 11.8 Å². The van der Waals surface area contributed by atoms with Crippen LogP contribution in [0.25, 0.3) is 0 Å². The Morgan fingerprint density at radius 3 is 2.50 bits per heavy atom. The highest BCUT2D eigenvalue weighted by Gasteiger charge is 2.35.